The number of aromatic carboxylic acids is 1. The molecule has 1 aliphatic heterocycles. The Hall–Kier alpha value is -2.06. The average Bonchev–Trinajstić information content (AvgIpc) is 2.41. The van der Waals surface area contributed by atoms with Crippen LogP contribution in [0.15, 0.2) is 24.3 Å². The summed E-state index contributed by atoms with van der Waals surface area (Å²) in [5, 5.41) is 20.2. The highest BCUT2D eigenvalue weighted by molar-refractivity contribution is 5.94. The number of carbonyl (C=O) groups is 1. The maximum atomic E-state index is 11.2. The van der Waals surface area contributed by atoms with Crippen molar-refractivity contribution in [3.8, 4) is 6.07 Å². The van der Waals surface area contributed by atoms with Gasteiger partial charge in [-0.2, -0.15) is 5.26 Å². The number of nitriles is 1. The second kappa shape index (κ2) is 5.72. The number of hydrazine groups is 1. The number of carboxylic acid groups (broad SMARTS) is 1. The number of rotatable bonds is 3. The molecule has 2 N–H and O–H groups in total. The molecule has 0 aromatic heterocycles. The third-order valence-corrected chi connectivity index (χ3v) is 3.47. The highest BCUT2D eigenvalue weighted by Crippen LogP contribution is 2.25. The molecule has 0 radical (unpaired) electrons. The van der Waals surface area contributed by atoms with Crippen LogP contribution in [0.1, 0.15) is 36.5 Å². The summed E-state index contributed by atoms with van der Waals surface area (Å²) in [4.78, 5) is 11.2. The second-order valence-electron chi connectivity index (χ2n) is 4.79. The Morgan fingerprint density at radius 1 is 1.47 bits per heavy atom. The summed E-state index contributed by atoms with van der Waals surface area (Å²) in [7, 11) is 0. The minimum Gasteiger partial charge on any atom is -0.478 e. The zero-order valence-electron chi connectivity index (χ0n) is 10.8. The molecular formula is C14H17N3O2. The standard InChI is InChI=1S/C14H17N3O2/c1-10-5-4-6-11(9-15)17(10)16-13-8-3-2-7-12(13)14(18)19/h2-3,7-8,10-11,16H,4-6H2,1H3,(H,18,19)/t10-,11+/m0/s1. The number of hydrogen-bond donors (Lipinski definition) is 2. The first kappa shape index (κ1) is 13.4. The lowest BCUT2D eigenvalue weighted by atomic mass is 9.99. The number of nitrogens with one attached hydrogen (secondary N) is 1. The van der Waals surface area contributed by atoms with Gasteiger partial charge in [-0.1, -0.05) is 12.1 Å². The normalized spacial score (nSPS) is 23.6. The van der Waals surface area contributed by atoms with E-state index in [9.17, 15) is 10.1 Å². The molecule has 0 aliphatic carbocycles. The van der Waals surface area contributed by atoms with Crippen LogP contribution in [0.3, 0.4) is 0 Å². The lowest BCUT2D eigenvalue weighted by Gasteiger charge is -2.37. The van der Waals surface area contributed by atoms with Gasteiger partial charge >= 0.3 is 5.97 Å². The largest absolute Gasteiger partial charge is 0.478 e. The summed E-state index contributed by atoms with van der Waals surface area (Å²) in [5.74, 6) is -0.971. The monoisotopic (exact) mass is 259 g/mol. The van der Waals surface area contributed by atoms with Crippen molar-refractivity contribution in [2.24, 2.45) is 0 Å². The highest BCUT2D eigenvalue weighted by Gasteiger charge is 2.28. The fourth-order valence-electron chi connectivity index (χ4n) is 2.41. The summed E-state index contributed by atoms with van der Waals surface area (Å²) in [5.41, 5.74) is 3.86. The van der Waals surface area contributed by atoms with Crippen LogP contribution < -0.4 is 5.43 Å². The van der Waals surface area contributed by atoms with Gasteiger partial charge in [0.2, 0.25) is 0 Å². The molecule has 0 saturated carbocycles. The van der Waals surface area contributed by atoms with Crippen molar-refractivity contribution >= 4 is 11.7 Å². The third kappa shape index (κ3) is 2.85. The topological polar surface area (TPSA) is 76.4 Å². The first-order chi connectivity index (χ1) is 9.13. The molecule has 2 rings (SSSR count). The summed E-state index contributed by atoms with van der Waals surface area (Å²) >= 11 is 0. The van der Waals surface area contributed by atoms with Gasteiger partial charge in [-0.25, -0.2) is 9.80 Å². The number of piperidine rings is 1. The molecule has 1 aromatic carbocycles. The number of anilines is 1. The summed E-state index contributed by atoms with van der Waals surface area (Å²) in [6.45, 7) is 2.04. The quantitative estimate of drug-likeness (QED) is 0.872. The van der Waals surface area contributed by atoms with Crippen LogP contribution in [0.25, 0.3) is 0 Å². The summed E-state index contributed by atoms with van der Waals surface area (Å²) < 4.78 is 0. The molecule has 1 saturated heterocycles. The van der Waals surface area contributed by atoms with Crippen LogP contribution in [-0.4, -0.2) is 28.2 Å². The Labute approximate surface area is 112 Å². The van der Waals surface area contributed by atoms with Gasteiger partial charge in [-0.05, 0) is 38.3 Å². The maximum Gasteiger partial charge on any atom is 0.337 e. The van der Waals surface area contributed by atoms with Crippen molar-refractivity contribution in [1.82, 2.24) is 5.01 Å². The van der Waals surface area contributed by atoms with E-state index in [-0.39, 0.29) is 17.6 Å². The molecule has 0 bridgehead atoms. The highest BCUT2D eigenvalue weighted by atomic mass is 16.4. The van der Waals surface area contributed by atoms with Gasteiger partial charge in [0.05, 0.1) is 17.3 Å². The van der Waals surface area contributed by atoms with Gasteiger partial charge in [0.25, 0.3) is 0 Å². The van der Waals surface area contributed by atoms with Crippen LogP contribution in [0, 0.1) is 11.3 Å². The number of nitrogens with zero attached hydrogens (tertiary/aromatic N) is 2. The zero-order chi connectivity index (χ0) is 13.8. The Morgan fingerprint density at radius 3 is 2.89 bits per heavy atom. The van der Waals surface area contributed by atoms with E-state index in [1.807, 2.05) is 11.9 Å². The smallest absolute Gasteiger partial charge is 0.337 e. The van der Waals surface area contributed by atoms with Crippen LogP contribution in [-0.2, 0) is 0 Å². The van der Waals surface area contributed by atoms with Crippen LogP contribution in [0.2, 0.25) is 0 Å². The summed E-state index contributed by atoms with van der Waals surface area (Å²) in [6, 6.07) is 9.01. The number of benzene rings is 1. The van der Waals surface area contributed by atoms with Crippen LogP contribution in [0.4, 0.5) is 5.69 Å². The molecule has 0 spiro atoms. The van der Waals surface area contributed by atoms with Gasteiger partial charge in [-0.15, -0.1) is 0 Å². The SMILES string of the molecule is C[C@H]1CCC[C@H](C#N)N1Nc1ccccc1C(=O)O. The van der Waals surface area contributed by atoms with Gasteiger partial charge in [0.1, 0.15) is 6.04 Å². The first-order valence-corrected chi connectivity index (χ1v) is 6.40. The number of hydrogen-bond acceptors (Lipinski definition) is 4. The zero-order valence-corrected chi connectivity index (χ0v) is 10.8. The fourth-order valence-corrected chi connectivity index (χ4v) is 2.41. The van der Waals surface area contributed by atoms with Gasteiger partial charge in [-0.3, -0.25) is 0 Å². The molecule has 5 nitrogen and oxygen atoms in total. The number of para-hydroxylation sites is 1. The van der Waals surface area contributed by atoms with E-state index in [2.05, 4.69) is 11.5 Å². The maximum absolute atomic E-state index is 11.2. The molecule has 1 heterocycles. The molecule has 100 valence electrons. The Balaban J connectivity index is 2.24. The van der Waals surface area contributed by atoms with E-state index >= 15 is 0 Å². The van der Waals surface area contributed by atoms with Crippen LogP contribution in [0.5, 0.6) is 0 Å². The van der Waals surface area contributed by atoms with E-state index < -0.39 is 5.97 Å². The summed E-state index contributed by atoms with van der Waals surface area (Å²) in [6.07, 6.45) is 2.83. The van der Waals surface area contributed by atoms with E-state index in [4.69, 9.17) is 5.11 Å². The molecule has 0 unspecified atom stereocenters. The molecule has 5 heteroatoms. The van der Waals surface area contributed by atoms with Crippen molar-refractivity contribution in [3.05, 3.63) is 29.8 Å². The molecule has 2 atom stereocenters. The van der Waals surface area contributed by atoms with Crippen molar-refractivity contribution in [1.29, 1.82) is 5.26 Å². The predicted octanol–water partition coefficient (Wildman–Crippen LogP) is 2.48. The molecule has 1 aromatic rings. The minimum absolute atomic E-state index is 0.209. The van der Waals surface area contributed by atoms with Crippen molar-refractivity contribution < 1.29 is 9.90 Å². The molecule has 1 aliphatic rings. The average molecular weight is 259 g/mol. The Kier molecular flexibility index (Phi) is 4.03. The fraction of sp³-hybridized carbons (Fsp3) is 0.429. The molecular weight excluding hydrogens is 242 g/mol. The van der Waals surface area contributed by atoms with Crippen molar-refractivity contribution in [2.75, 3.05) is 5.43 Å². The van der Waals surface area contributed by atoms with Gasteiger partial charge < -0.3 is 10.5 Å². The minimum atomic E-state index is -0.971. The van der Waals surface area contributed by atoms with E-state index in [0.29, 0.717) is 5.69 Å². The molecule has 0 amide bonds. The molecule has 1 fully saturated rings. The third-order valence-electron chi connectivity index (χ3n) is 3.47. The van der Waals surface area contributed by atoms with Crippen LogP contribution >= 0.6 is 0 Å². The number of carboxylic acids is 1. The predicted molar refractivity (Wildman–Crippen MR) is 71.6 cm³/mol. The first-order valence-electron chi connectivity index (χ1n) is 6.40. The van der Waals surface area contributed by atoms with E-state index in [1.54, 1.807) is 24.3 Å². The lowest BCUT2D eigenvalue weighted by molar-refractivity contribution is 0.0696. The van der Waals surface area contributed by atoms with Crippen molar-refractivity contribution in [3.63, 3.8) is 0 Å². The Bertz CT molecular complexity index is 510. The molecule has 19 heavy (non-hydrogen) atoms. The second-order valence-corrected chi connectivity index (χ2v) is 4.79. The Morgan fingerprint density at radius 2 is 2.21 bits per heavy atom. The van der Waals surface area contributed by atoms with E-state index in [1.165, 1.54) is 0 Å². The van der Waals surface area contributed by atoms with E-state index in [0.717, 1.165) is 19.3 Å². The lowest BCUT2D eigenvalue weighted by Crippen LogP contribution is -2.48. The van der Waals surface area contributed by atoms with Gasteiger partial charge in [0.15, 0.2) is 0 Å². The van der Waals surface area contributed by atoms with Crippen molar-refractivity contribution in [2.45, 2.75) is 38.3 Å². The van der Waals surface area contributed by atoms with Gasteiger partial charge in [0, 0.05) is 6.04 Å².